The number of rotatable bonds is 6. The predicted molar refractivity (Wildman–Crippen MR) is 77.6 cm³/mol. The van der Waals surface area contributed by atoms with Crippen molar-refractivity contribution in [3.8, 4) is 0 Å². The number of hydrogen-bond donors (Lipinski definition) is 2. The summed E-state index contributed by atoms with van der Waals surface area (Å²) < 4.78 is 4.92. The van der Waals surface area contributed by atoms with Crippen LogP contribution >= 0.6 is 0 Å². The van der Waals surface area contributed by atoms with E-state index in [-0.39, 0.29) is 12.5 Å². The van der Waals surface area contributed by atoms with Gasteiger partial charge in [-0.05, 0) is 37.6 Å². The number of nitrogens with two attached hydrogens (primary N) is 2. The first-order valence-electron chi connectivity index (χ1n) is 6.49. The summed E-state index contributed by atoms with van der Waals surface area (Å²) in [4.78, 5) is 13.3. The highest BCUT2D eigenvalue weighted by atomic mass is 16.5. The van der Waals surface area contributed by atoms with Gasteiger partial charge in [-0.3, -0.25) is 9.69 Å². The van der Waals surface area contributed by atoms with Crippen LogP contribution in [0, 0.1) is 0 Å². The summed E-state index contributed by atoms with van der Waals surface area (Å²) in [6.45, 7) is 5.08. The molecule has 0 unspecified atom stereocenters. The molecule has 0 aliphatic rings. The first-order chi connectivity index (χ1) is 8.99. The molecule has 0 fully saturated rings. The van der Waals surface area contributed by atoms with Crippen LogP contribution in [0.5, 0.6) is 0 Å². The molecular weight excluding hydrogens is 242 g/mol. The largest absolute Gasteiger partial charge is 0.465 e. The molecule has 0 aliphatic heterocycles. The predicted octanol–water partition coefficient (Wildman–Crippen LogP) is 1.41. The van der Waals surface area contributed by atoms with Gasteiger partial charge in [0.2, 0.25) is 0 Å². The zero-order valence-corrected chi connectivity index (χ0v) is 11.9. The van der Waals surface area contributed by atoms with Crippen molar-refractivity contribution < 1.29 is 9.53 Å². The Morgan fingerprint density at radius 1 is 1.32 bits per heavy atom. The lowest BCUT2D eigenvalue weighted by atomic mass is 10.0. The Morgan fingerprint density at radius 3 is 2.58 bits per heavy atom. The summed E-state index contributed by atoms with van der Waals surface area (Å²) in [5, 5.41) is 0. The molecule has 0 bridgehead atoms. The van der Waals surface area contributed by atoms with Crippen LogP contribution in [-0.2, 0) is 22.5 Å². The molecule has 0 amide bonds. The number of likely N-dealkylation sites (N-methyl/N-ethyl adjacent to an activating group) is 1. The Morgan fingerprint density at radius 2 is 2.00 bits per heavy atom. The first kappa shape index (κ1) is 15.3. The van der Waals surface area contributed by atoms with Gasteiger partial charge in [-0.1, -0.05) is 13.0 Å². The molecule has 0 aromatic heterocycles. The Balaban J connectivity index is 2.81. The third-order valence-electron chi connectivity index (χ3n) is 3.00. The van der Waals surface area contributed by atoms with Gasteiger partial charge in [-0.15, -0.1) is 0 Å². The van der Waals surface area contributed by atoms with Gasteiger partial charge in [0.05, 0.1) is 24.5 Å². The van der Waals surface area contributed by atoms with Crippen molar-refractivity contribution in [2.45, 2.75) is 26.8 Å². The Kier molecular flexibility index (Phi) is 5.63. The quantitative estimate of drug-likeness (QED) is 0.600. The molecule has 4 N–H and O–H groups in total. The van der Waals surface area contributed by atoms with Gasteiger partial charge in [0, 0.05) is 6.54 Å². The zero-order chi connectivity index (χ0) is 14.4. The average Bonchev–Trinajstić information content (AvgIpc) is 2.35. The van der Waals surface area contributed by atoms with Crippen LogP contribution in [0.1, 0.15) is 25.0 Å². The molecule has 1 aromatic carbocycles. The second-order valence-electron chi connectivity index (χ2n) is 4.54. The molecule has 0 saturated heterocycles. The molecule has 19 heavy (non-hydrogen) atoms. The van der Waals surface area contributed by atoms with Crippen LogP contribution in [0.25, 0.3) is 0 Å². The van der Waals surface area contributed by atoms with E-state index in [1.165, 1.54) is 0 Å². The summed E-state index contributed by atoms with van der Waals surface area (Å²) in [5.41, 5.74) is 15.2. The van der Waals surface area contributed by atoms with Crippen molar-refractivity contribution in [3.63, 3.8) is 0 Å². The molecule has 5 nitrogen and oxygen atoms in total. The molecule has 0 heterocycles. The Bertz CT molecular complexity index is 447. The summed E-state index contributed by atoms with van der Waals surface area (Å²) in [6.07, 6.45) is 0.882. The second kappa shape index (κ2) is 6.99. The molecule has 0 aliphatic carbocycles. The van der Waals surface area contributed by atoms with Crippen molar-refractivity contribution >= 4 is 17.3 Å². The Labute approximate surface area is 114 Å². The van der Waals surface area contributed by atoms with Crippen molar-refractivity contribution in [1.82, 2.24) is 4.90 Å². The van der Waals surface area contributed by atoms with Gasteiger partial charge in [0.25, 0.3) is 0 Å². The zero-order valence-electron chi connectivity index (χ0n) is 11.9. The number of hydrogen-bond acceptors (Lipinski definition) is 5. The van der Waals surface area contributed by atoms with Crippen molar-refractivity contribution in [2.75, 3.05) is 31.7 Å². The standard InChI is InChI=1S/C14H23N3O2/c1-4-10-6-7-12(15)14(16)11(10)8-17(3)9-13(18)19-5-2/h6-7H,4-5,8-9,15-16H2,1-3H3. The SMILES string of the molecule is CCOC(=O)CN(C)Cc1c(CC)ccc(N)c1N. The number of carbonyl (C=O) groups is 1. The minimum absolute atomic E-state index is 0.231. The highest BCUT2D eigenvalue weighted by Gasteiger charge is 2.13. The molecule has 0 atom stereocenters. The van der Waals surface area contributed by atoms with Gasteiger partial charge >= 0.3 is 5.97 Å². The van der Waals surface area contributed by atoms with E-state index in [4.69, 9.17) is 16.2 Å². The second-order valence-corrected chi connectivity index (χ2v) is 4.54. The van der Waals surface area contributed by atoms with Gasteiger partial charge in [-0.2, -0.15) is 0 Å². The number of nitrogen functional groups attached to an aromatic ring is 2. The van der Waals surface area contributed by atoms with E-state index < -0.39 is 0 Å². The third kappa shape index (κ3) is 4.13. The smallest absolute Gasteiger partial charge is 0.320 e. The highest BCUT2D eigenvalue weighted by Crippen LogP contribution is 2.25. The minimum Gasteiger partial charge on any atom is -0.465 e. The number of ether oxygens (including phenoxy) is 1. The van der Waals surface area contributed by atoms with Crippen molar-refractivity contribution in [3.05, 3.63) is 23.3 Å². The van der Waals surface area contributed by atoms with Gasteiger partial charge in [0.15, 0.2) is 0 Å². The number of benzene rings is 1. The third-order valence-corrected chi connectivity index (χ3v) is 3.00. The average molecular weight is 265 g/mol. The molecular formula is C14H23N3O2. The van der Waals surface area contributed by atoms with Crippen LogP contribution < -0.4 is 11.5 Å². The van der Waals surface area contributed by atoms with Crippen molar-refractivity contribution in [2.24, 2.45) is 0 Å². The fourth-order valence-corrected chi connectivity index (χ4v) is 2.00. The summed E-state index contributed by atoms with van der Waals surface area (Å²) >= 11 is 0. The number of nitrogens with zero attached hydrogens (tertiary/aromatic N) is 1. The van der Waals surface area contributed by atoms with Crippen LogP contribution in [-0.4, -0.2) is 31.1 Å². The minimum atomic E-state index is -0.231. The molecule has 0 radical (unpaired) electrons. The van der Waals surface area contributed by atoms with E-state index >= 15 is 0 Å². The van der Waals surface area contributed by atoms with Gasteiger partial charge in [0.1, 0.15) is 0 Å². The fraction of sp³-hybridized carbons (Fsp3) is 0.500. The lowest BCUT2D eigenvalue weighted by Crippen LogP contribution is -2.28. The highest BCUT2D eigenvalue weighted by molar-refractivity contribution is 5.72. The van der Waals surface area contributed by atoms with Gasteiger partial charge < -0.3 is 16.2 Å². The summed E-state index contributed by atoms with van der Waals surface area (Å²) in [7, 11) is 1.86. The van der Waals surface area contributed by atoms with Crippen LogP contribution in [0.2, 0.25) is 0 Å². The monoisotopic (exact) mass is 265 g/mol. The van der Waals surface area contributed by atoms with E-state index in [0.29, 0.717) is 24.5 Å². The van der Waals surface area contributed by atoms with Crippen LogP contribution in [0.15, 0.2) is 12.1 Å². The topological polar surface area (TPSA) is 81.6 Å². The number of anilines is 2. The lowest BCUT2D eigenvalue weighted by molar-refractivity contribution is -0.144. The first-order valence-corrected chi connectivity index (χ1v) is 6.49. The molecule has 1 rings (SSSR count). The van der Waals surface area contributed by atoms with E-state index in [0.717, 1.165) is 17.5 Å². The van der Waals surface area contributed by atoms with Crippen LogP contribution in [0.4, 0.5) is 11.4 Å². The lowest BCUT2D eigenvalue weighted by Gasteiger charge is -2.20. The van der Waals surface area contributed by atoms with E-state index in [1.54, 1.807) is 6.92 Å². The molecule has 1 aromatic rings. The number of esters is 1. The maximum Gasteiger partial charge on any atom is 0.320 e. The molecule has 0 saturated carbocycles. The van der Waals surface area contributed by atoms with Gasteiger partial charge in [-0.25, -0.2) is 0 Å². The van der Waals surface area contributed by atoms with Crippen LogP contribution in [0.3, 0.4) is 0 Å². The molecule has 106 valence electrons. The number of carbonyl (C=O) groups excluding carboxylic acids is 1. The summed E-state index contributed by atoms with van der Waals surface area (Å²) in [5.74, 6) is -0.231. The number of aryl methyl sites for hydroxylation is 1. The van der Waals surface area contributed by atoms with E-state index in [9.17, 15) is 4.79 Å². The Hall–Kier alpha value is -1.75. The maximum absolute atomic E-state index is 11.4. The fourth-order valence-electron chi connectivity index (χ4n) is 2.00. The summed E-state index contributed by atoms with van der Waals surface area (Å²) in [6, 6.07) is 3.81. The molecule has 0 spiro atoms. The van der Waals surface area contributed by atoms with Crippen molar-refractivity contribution in [1.29, 1.82) is 0 Å². The maximum atomic E-state index is 11.4. The van der Waals surface area contributed by atoms with E-state index in [2.05, 4.69) is 6.92 Å². The van der Waals surface area contributed by atoms with E-state index in [1.807, 2.05) is 24.1 Å². The normalized spacial score (nSPS) is 10.7. The molecule has 5 heteroatoms.